The fraction of sp³-hybridized carbons (Fsp3) is 0.400. The Hall–Kier alpha value is -2.33. The molecule has 2 N–H and O–H groups in total. The lowest BCUT2D eigenvalue weighted by atomic mass is 9.69. The van der Waals surface area contributed by atoms with Gasteiger partial charge < -0.3 is 10.6 Å². The highest BCUT2D eigenvalue weighted by atomic mass is 32.1. The molecule has 0 spiro atoms. The molecule has 5 rings (SSSR count). The molecule has 3 nitrogen and oxygen atoms in total. The van der Waals surface area contributed by atoms with Crippen LogP contribution in [0.25, 0.3) is 10.8 Å². The van der Waals surface area contributed by atoms with Gasteiger partial charge in [0.15, 0.2) is 0 Å². The molecule has 0 saturated heterocycles. The Morgan fingerprint density at radius 2 is 1.90 bits per heavy atom. The van der Waals surface area contributed by atoms with Gasteiger partial charge in [0.1, 0.15) is 11.2 Å². The van der Waals surface area contributed by atoms with Crippen LogP contribution in [0.2, 0.25) is 0 Å². The summed E-state index contributed by atoms with van der Waals surface area (Å²) in [6.45, 7) is 7.06. The molecule has 1 amide bonds. The molecule has 2 aromatic carbocycles. The topological polar surface area (TPSA) is 41.1 Å². The SMILES string of the molecule is CCC(C)(C)[C@H]1CCc2c(sc3c2C(=O)N[C@H](c2ccc4ccccc4c2)N3)C1. The first-order valence-corrected chi connectivity index (χ1v) is 11.5. The molecule has 1 aliphatic carbocycles. The molecule has 0 saturated carbocycles. The van der Waals surface area contributed by atoms with E-state index in [-0.39, 0.29) is 12.1 Å². The van der Waals surface area contributed by atoms with E-state index in [1.807, 2.05) is 0 Å². The largest absolute Gasteiger partial charge is 0.353 e. The Labute approximate surface area is 176 Å². The van der Waals surface area contributed by atoms with Crippen molar-refractivity contribution in [2.45, 2.75) is 52.6 Å². The summed E-state index contributed by atoms with van der Waals surface area (Å²) in [6, 6.07) is 14.8. The van der Waals surface area contributed by atoms with Crippen LogP contribution < -0.4 is 10.6 Å². The molecule has 29 heavy (non-hydrogen) atoms. The van der Waals surface area contributed by atoms with Gasteiger partial charge in [0.05, 0.1) is 5.56 Å². The van der Waals surface area contributed by atoms with Gasteiger partial charge in [-0.05, 0) is 58.6 Å². The standard InChI is InChI=1S/C25H28N2OS/c1-4-25(2,3)18-11-12-19-20(14-18)29-24-21(19)23(28)26-22(27-24)17-10-9-15-7-5-6-8-16(15)13-17/h5-10,13,18,22,27H,4,11-12,14H2,1-3H3,(H,26,28)/t18-,22-/m0/s1. The second-order valence-corrected chi connectivity index (χ2v) is 10.3. The maximum absolute atomic E-state index is 13.1. The molecule has 0 bridgehead atoms. The molecule has 1 aliphatic heterocycles. The number of fused-ring (bicyclic) bond motifs is 4. The third kappa shape index (κ3) is 3.14. The minimum atomic E-state index is -0.178. The van der Waals surface area contributed by atoms with Gasteiger partial charge >= 0.3 is 0 Å². The van der Waals surface area contributed by atoms with E-state index in [0.29, 0.717) is 11.3 Å². The zero-order valence-corrected chi connectivity index (χ0v) is 18.2. The van der Waals surface area contributed by atoms with Gasteiger partial charge in [-0.25, -0.2) is 0 Å². The summed E-state index contributed by atoms with van der Waals surface area (Å²) in [5.74, 6) is 0.766. The van der Waals surface area contributed by atoms with Crippen molar-refractivity contribution < 1.29 is 4.79 Å². The first-order chi connectivity index (χ1) is 14.0. The fourth-order valence-electron chi connectivity index (χ4n) is 4.81. The van der Waals surface area contributed by atoms with Crippen molar-refractivity contribution in [1.29, 1.82) is 0 Å². The number of anilines is 1. The minimum Gasteiger partial charge on any atom is -0.353 e. The number of carbonyl (C=O) groups excluding carboxylic acids is 1. The molecule has 1 aromatic heterocycles. The lowest BCUT2D eigenvalue weighted by Crippen LogP contribution is -2.38. The molecule has 0 fully saturated rings. The molecule has 3 aromatic rings. The summed E-state index contributed by atoms with van der Waals surface area (Å²) < 4.78 is 0. The highest BCUT2D eigenvalue weighted by Gasteiger charge is 2.37. The lowest BCUT2D eigenvalue weighted by molar-refractivity contribution is 0.0934. The first kappa shape index (κ1) is 18.7. The molecule has 2 heterocycles. The van der Waals surface area contributed by atoms with Crippen molar-refractivity contribution in [2.24, 2.45) is 11.3 Å². The second kappa shape index (κ2) is 6.88. The molecule has 150 valence electrons. The summed E-state index contributed by atoms with van der Waals surface area (Å²) in [5.41, 5.74) is 3.63. The third-order valence-electron chi connectivity index (χ3n) is 7.17. The van der Waals surface area contributed by atoms with Crippen molar-refractivity contribution in [3.63, 3.8) is 0 Å². The predicted octanol–water partition coefficient (Wildman–Crippen LogP) is 6.30. The Kier molecular flexibility index (Phi) is 4.43. The summed E-state index contributed by atoms with van der Waals surface area (Å²) >= 11 is 1.80. The number of benzene rings is 2. The van der Waals surface area contributed by atoms with Gasteiger partial charge in [0.25, 0.3) is 5.91 Å². The number of nitrogens with one attached hydrogen (secondary N) is 2. The minimum absolute atomic E-state index is 0.0719. The molecule has 2 atom stereocenters. The van der Waals surface area contributed by atoms with Crippen LogP contribution in [-0.4, -0.2) is 5.91 Å². The molecular weight excluding hydrogens is 376 g/mol. The molecular formula is C25H28N2OS. The molecule has 4 heteroatoms. The van der Waals surface area contributed by atoms with Gasteiger partial charge in [-0.15, -0.1) is 11.3 Å². The van der Waals surface area contributed by atoms with Crippen molar-refractivity contribution >= 4 is 33.0 Å². The zero-order valence-electron chi connectivity index (χ0n) is 17.3. The van der Waals surface area contributed by atoms with Crippen LogP contribution in [0.4, 0.5) is 5.00 Å². The highest BCUT2D eigenvalue weighted by molar-refractivity contribution is 7.16. The number of hydrogen-bond donors (Lipinski definition) is 2. The van der Waals surface area contributed by atoms with Crippen molar-refractivity contribution in [1.82, 2.24) is 5.32 Å². The Balaban J connectivity index is 1.46. The normalized spacial score (nSPS) is 21.3. The van der Waals surface area contributed by atoms with Crippen LogP contribution in [-0.2, 0) is 12.8 Å². The number of amides is 1. The average molecular weight is 405 g/mol. The molecule has 0 radical (unpaired) electrons. The van der Waals surface area contributed by atoms with Crippen LogP contribution in [0, 0.1) is 11.3 Å². The predicted molar refractivity (Wildman–Crippen MR) is 122 cm³/mol. The highest BCUT2D eigenvalue weighted by Crippen LogP contribution is 2.47. The van der Waals surface area contributed by atoms with E-state index in [1.54, 1.807) is 11.3 Å². The van der Waals surface area contributed by atoms with E-state index in [1.165, 1.54) is 34.1 Å². The summed E-state index contributed by atoms with van der Waals surface area (Å²) in [6.07, 6.45) is 4.32. The van der Waals surface area contributed by atoms with Crippen LogP contribution in [0.15, 0.2) is 42.5 Å². The summed E-state index contributed by atoms with van der Waals surface area (Å²) in [5, 5.41) is 10.3. The van der Waals surface area contributed by atoms with Crippen LogP contribution in [0.1, 0.15) is 66.1 Å². The maximum atomic E-state index is 13.1. The Morgan fingerprint density at radius 1 is 1.10 bits per heavy atom. The van der Waals surface area contributed by atoms with E-state index in [0.717, 1.165) is 29.0 Å². The van der Waals surface area contributed by atoms with E-state index in [4.69, 9.17) is 0 Å². The first-order valence-electron chi connectivity index (χ1n) is 10.7. The number of hydrogen-bond acceptors (Lipinski definition) is 3. The number of rotatable bonds is 3. The quantitative estimate of drug-likeness (QED) is 0.538. The van der Waals surface area contributed by atoms with E-state index < -0.39 is 0 Å². The van der Waals surface area contributed by atoms with Crippen molar-refractivity contribution in [3.05, 3.63) is 64.0 Å². The number of carbonyl (C=O) groups is 1. The van der Waals surface area contributed by atoms with E-state index in [9.17, 15) is 4.79 Å². The Bertz CT molecular complexity index is 1100. The lowest BCUT2D eigenvalue weighted by Gasteiger charge is -2.36. The molecule has 2 aliphatic rings. The van der Waals surface area contributed by atoms with Gasteiger partial charge in [0, 0.05) is 4.88 Å². The fourth-order valence-corrected chi connectivity index (χ4v) is 6.16. The smallest absolute Gasteiger partial charge is 0.256 e. The summed E-state index contributed by atoms with van der Waals surface area (Å²) in [4.78, 5) is 14.5. The maximum Gasteiger partial charge on any atom is 0.256 e. The van der Waals surface area contributed by atoms with Gasteiger partial charge in [-0.1, -0.05) is 63.6 Å². The van der Waals surface area contributed by atoms with Crippen LogP contribution in [0.5, 0.6) is 0 Å². The summed E-state index contributed by atoms with van der Waals surface area (Å²) in [7, 11) is 0. The van der Waals surface area contributed by atoms with Crippen molar-refractivity contribution in [2.75, 3.05) is 5.32 Å². The van der Waals surface area contributed by atoms with Crippen LogP contribution in [0.3, 0.4) is 0 Å². The van der Waals surface area contributed by atoms with Gasteiger partial charge in [-0.3, -0.25) is 4.79 Å². The zero-order chi connectivity index (χ0) is 20.2. The van der Waals surface area contributed by atoms with E-state index in [2.05, 4.69) is 73.9 Å². The number of thiophene rings is 1. The van der Waals surface area contributed by atoms with Gasteiger partial charge in [0.2, 0.25) is 0 Å². The van der Waals surface area contributed by atoms with Crippen molar-refractivity contribution in [3.8, 4) is 0 Å². The second-order valence-electron chi connectivity index (χ2n) is 9.15. The van der Waals surface area contributed by atoms with E-state index >= 15 is 0 Å². The van der Waals surface area contributed by atoms with Crippen LogP contribution >= 0.6 is 11.3 Å². The average Bonchev–Trinajstić information content (AvgIpc) is 3.11. The third-order valence-corrected chi connectivity index (χ3v) is 8.35. The van der Waals surface area contributed by atoms with Gasteiger partial charge in [-0.2, -0.15) is 0 Å². The monoisotopic (exact) mass is 404 g/mol. The Morgan fingerprint density at radius 3 is 2.69 bits per heavy atom. The molecule has 0 unspecified atom stereocenters.